The van der Waals surface area contributed by atoms with E-state index in [1.54, 1.807) is 38.1 Å². The second kappa shape index (κ2) is 13.0. The number of rotatable bonds is 11. The van der Waals surface area contributed by atoms with Gasteiger partial charge in [-0.25, -0.2) is 9.59 Å². The molecule has 0 bridgehead atoms. The molecule has 0 saturated carbocycles. The summed E-state index contributed by atoms with van der Waals surface area (Å²) in [6.45, 7) is 14.3. The van der Waals surface area contributed by atoms with E-state index in [4.69, 9.17) is 9.47 Å². The smallest absolute Gasteiger partial charge is 0.339 e. The van der Waals surface area contributed by atoms with Crippen molar-refractivity contribution in [1.29, 1.82) is 0 Å². The van der Waals surface area contributed by atoms with Crippen molar-refractivity contribution in [3.05, 3.63) is 95.1 Å². The Morgan fingerprint density at radius 3 is 1.42 bits per heavy atom. The predicted molar refractivity (Wildman–Crippen MR) is 137 cm³/mol. The molecule has 2 atom stereocenters. The van der Waals surface area contributed by atoms with Crippen molar-refractivity contribution in [1.82, 2.24) is 10.6 Å². The van der Waals surface area contributed by atoms with Crippen molar-refractivity contribution in [2.45, 2.75) is 39.9 Å². The maximum atomic E-state index is 13.1. The molecule has 2 aromatic carbocycles. The van der Waals surface area contributed by atoms with Crippen LogP contribution in [-0.2, 0) is 19.1 Å². The average molecular weight is 493 g/mol. The molecule has 0 aromatic heterocycles. The van der Waals surface area contributed by atoms with Gasteiger partial charge in [0.25, 0.3) is 11.8 Å². The maximum Gasteiger partial charge on any atom is 0.339 e. The minimum Gasteiger partial charge on any atom is -0.444 e. The van der Waals surface area contributed by atoms with E-state index in [1.807, 2.05) is 26.0 Å². The van der Waals surface area contributed by atoms with Crippen LogP contribution in [0.15, 0.2) is 61.7 Å². The Morgan fingerprint density at radius 2 is 1.08 bits per heavy atom. The summed E-state index contributed by atoms with van der Waals surface area (Å²) in [7, 11) is 0. The van der Waals surface area contributed by atoms with Crippen molar-refractivity contribution in [2.75, 3.05) is 13.1 Å². The highest BCUT2D eigenvalue weighted by atomic mass is 16.6. The molecule has 2 amide bonds. The first-order valence-electron chi connectivity index (χ1n) is 11.4. The van der Waals surface area contributed by atoms with Gasteiger partial charge in [-0.05, 0) is 62.1 Å². The zero-order chi connectivity index (χ0) is 26.8. The lowest BCUT2D eigenvalue weighted by molar-refractivity contribution is -0.147. The number of carbonyl (C=O) groups excluding carboxylic acids is 4. The van der Waals surface area contributed by atoms with Gasteiger partial charge in [0.05, 0.1) is 11.1 Å². The minimum atomic E-state index is -1.77. The lowest BCUT2D eigenvalue weighted by Crippen LogP contribution is -2.53. The van der Waals surface area contributed by atoms with Gasteiger partial charge >= 0.3 is 11.9 Å². The second-order valence-corrected chi connectivity index (χ2v) is 8.21. The van der Waals surface area contributed by atoms with Crippen LogP contribution in [-0.4, -0.2) is 49.1 Å². The highest BCUT2D eigenvalue weighted by Crippen LogP contribution is 2.19. The first-order valence-corrected chi connectivity index (χ1v) is 11.4. The monoisotopic (exact) mass is 492 g/mol. The van der Waals surface area contributed by atoms with Crippen LogP contribution < -0.4 is 10.6 Å². The molecule has 0 aliphatic carbocycles. The first-order chi connectivity index (χ1) is 17.1. The van der Waals surface area contributed by atoms with Gasteiger partial charge in [-0.2, -0.15) is 0 Å². The lowest BCUT2D eigenvalue weighted by atomic mass is 10.0. The predicted octanol–water partition coefficient (Wildman–Crippen LogP) is 3.28. The van der Waals surface area contributed by atoms with Gasteiger partial charge in [0.15, 0.2) is 0 Å². The molecular weight excluding hydrogens is 460 g/mol. The normalized spacial score (nSPS) is 12.0. The van der Waals surface area contributed by atoms with Crippen molar-refractivity contribution in [3.63, 3.8) is 0 Å². The van der Waals surface area contributed by atoms with Crippen LogP contribution in [0.2, 0.25) is 0 Å². The lowest BCUT2D eigenvalue weighted by Gasteiger charge is -2.26. The average Bonchev–Trinajstić information content (AvgIpc) is 2.86. The van der Waals surface area contributed by atoms with E-state index in [2.05, 4.69) is 23.8 Å². The van der Waals surface area contributed by atoms with Crippen molar-refractivity contribution in [2.24, 2.45) is 0 Å². The molecule has 0 unspecified atom stereocenters. The van der Waals surface area contributed by atoms with E-state index in [0.29, 0.717) is 11.1 Å². The molecule has 190 valence electrons. The molecule has 0 saturated heterocycles. The number of esters is 2. The molecule has 0 fully saturated rings. The molecule has 2 rings (SSSR count). The molecular formula is C28H32N2O6. The summed E-state index contributed by atoms with van der Waals surface area (Å²) in [5.41, 5.74) is 3.46. The number of benzene rings is 2. The van der Waals surface area contributed by atoms with Gasteiger partial charge < -0.3 is 20.1 Å². The summed E-state index contributed by atoms with van der Waals surface area (Å²) in [5, 5.41) is 5.03. The van der Waals surface area contributed by atoms with Crippen molar-refractivity contribution >= 4 is 23.8 Å². The van der Waals surface area contributed by atoms with Crippen molar-refractivity contribution in [3.8, 4) is 0 Å². The molecule has 2 aromatic rings. The number of hydrogen-bond donors (Lipinski definition) is 2. The third-order valence-corrected chi connectivity index (χ3v) is 5.75. The molecule has 0 aliphatic rings. The van der Waals surface area contributed by atoms with Crippen LogP contribution in [0.3, 0.4) is 0 Å². The van der Waals surface area contributed by atoms with Gasteiger partial charge in [-0.3, -0.25) is 9.59 Å². The van der Waals surface area contributed by atoms with Gasteiger partial charge in [0.1, 0.15) is 0 Å². The van der Waals surface area contributed by atoms with E-state index in [0.717, 1.165) is 11.1 Å². The fraction of sp³-hybridized carbons (Fsp3) is 0.286. The van der Waals surface area contributed by atoms with E-state index < -0.39 is 36.0 Å². The van der Waals surface area contributed by atoms with Gasteiger partial charge in [-0.1, -0.05) is 36.4 Å². The van der Waals surface area contributed by atoms with Crippen molar-refractivity contribution < 1.29 is 28.7 Å². The number of carbonyl (C=O) groups is 4. The number of amides is 2. The molecule has 0 radical (unpaired) electrons. The van der Waals surface area contributed by atoms with E-state index in [-0.39, 0.29) is 24.2 Å². The molecule has 0 aliphatic heterocycles. The Morgan fingerprint density at radius 1 is 0.722 bits per heavy atom. The summed E-state index contributed by atoms with van der Waals surface area (Å²) >= 11 is 0. The molecule has 8 nitrogen and oxygen atoms in total. The Labute approximate surface area is 211 Å². The largest absolute Gasteiger partial charge is 0.444 e. The van der Waals surface area contributed by atoms with E-state index in [9.17, 15) is 19.2 Å². The maximum absolute atomic E-state index is 13.1. The quantitative estimate of drug-likeness (QED) is 0.368. The Hall–Kier alpha value is -4.20. The van der Waals surface area contributed by atoms with Crippen LogP contribution >= 0.6 is 0 Å². The van der Waals surface area contributed by atoms with Crippen LogP contribution in [0, 0.1) is 27.7 Å². The van der Waals surface area contributed by atoms with Crippen LogP contribution in [0.5, 0.6) is 0 Å². The molecule has 36 heavy (non-hydrogen) atoms. The fourth-order valence-electron chi connectivity index (χ4n) is 3.35. The second-order valence-electron chi connectivity index (χ2n) is 8.21. The summed E-state index contributed by atoms with van der Waals surface area (Å²) in [5.74, 6) is -3.30. The standard InChI is InChI=1S/C28H32N2O6/c1-7-15-29-25(31)23(35-27(33)21-13-9-11-17(3)19(21)5)24(26(32)30-16-8-2)36-28(34)22-14-10-12-18(4)20(22)6/h7-14,23-24H,1-2,15-16H2,3-6H3,(H,29,31)(H,30,32)/t23-,24-/m1/s1. The zero-order valence-corrected chi connectivity index (χ0v) is 21.1. The molecule has 8 heteroatoms. The highest BCUT2D eigenvalue weighted by molar-refractivity contribution is 5.99. The summed E-state index contributed by atoms with van der Waals surface area (Å²) < 4.78 is 11.1. The summed E-state index contributed by atoms with van der Waals surface area (Å²) in [6, 6.07) is 10.1. The van der Waals surface area contributed by atoms with Crippen LogP contribution in [0.1, 0.15) is 43.0 Å². The Kier molecular flexibility index (Phi) is 10.2. The zero-order valence-electron chi connectivity index (χ0n) is 21.1. The van der Waals surface area contributed by atoms with Gasteiger partial charge in [0.2, 0.25) is 12.2 Å². The number of nitrogens with one attached hydrogen (secondary N) is 2. The molecule has 2 N–H and O–H groups in total. The third kappa shape index (κ3) is 6.91. The summed E-state index contributed by atoms with van der Waals surface area (Å²) in [4.78, 5) is 52.3. The van der Waals surface area contributed by atoms with E-state index in [1.165, 1.54) is 12.2 Å². The van der Waals surface area contributed by atoms with E-state index >= 15 is 0 Å². The van der Waals surface area contributed by atoms with Gasteiger partial charge in [0, 0.05) is 13.1 Å². The number of hydrogen-bond acceptors (Lipinski definition) is 6. The van der Waals surface area contributed by atoms with Gasteiger partial charge in [-0.15, -0.1) is 13.2 Å². The number of ether oxygens (including phenoxy) is 2. The minimum absolute atomic E-state index is 0.0439. The summed E-state index contributed by atoms with van der Waals surface area (Å²) in [6.07, 6.45) is -0.681. The fourth-order valence-corrected chi connectivity index (χ4v) is 3.35. The molecule has 0 heterocycles. The highest BCUT2D eigenvalue weighted by Gasteiger charge is 2.40. The molecule has 0 spiro atoms. The first kappa shape index (κ1) is 28.0. The number of aryl methyl sites for hydroxylation is 2. The van der Waals surface area contributed by atoms with Crippen LogP contribution in [0.25, 0.3) is 0 Å². The Balaban J connectivity index is 2.49. The Bertz CT molecular complexity index is 1080. The van der Waals surface area contributed by atoms with Crippen LogP contribution in [0.4, 0.5) is 0 Å². The third-order valence-electron chi connectivity index (χ3n) is 5.75. The topological polar surface area (TPSA) is 111 Å². The SMILES string of the molecule is C=CCNC(=O)[C@H](OC(=O)c1cccc(C)c1C)[C@@H](OC(=O)c1cccc(C)c1C)C(=O)NCC=C.